The molecule has 124 valence electrons. The van der Waals surface area contributed by atoms with Crippen molar-refractivity contribution in [1.29, 1.82) is 0 Å². The maximum Gasteiger partial charge on any atom is 0.220 e. The lowest BCUT2D eigenvalue weighted by Gasteiger charge is -2.30. The number of benzene rings is 1. The lowest BCUT2D eigenvalue weighted by Crippen LogP contribution is -2.39. The monoisotopic (exact) mass is 324 g/mol. The third kappa shape index (κ3) is 4.99. The molecule has 3 nitrogen and oxygen atoms in total. The minimum absolute atomic E-state index is 0. The SMILES string of the molecule is CNCCCC(=O)NCC1(c2cccc(C)c2)CCCC1.Cl. The van der Waals surface area contributed by atoms with Crippen LogP contribution in [0.4, 0.5) is 0 Å². The quantitative estimate of drug-likeness (QED) is 0.755. The second-order valence-corrected chi connectivity index (χ2v) is 6.34. The summed E-state index contributed by atoms with van der Waals surface area (Å²) in [6, 6.07) is 8.80. The molecule has 1 aliphatic carbocycles. The van der Waals surface area contributed by atoms with Gasteiger partial charge in [-0.25, -0.2) is 0 Å². The fourth-order valence-electron chi connectivity index (χ4n) is 3.38. The molecule has 1 amide bonds. The summed E-state index contributed by atoms with van der Waals surface area (Å²) < 4.78 is 0. The Bertz CT molecular complexity index is 470. The molecule has 1 aliphatic rings. The zero-order chi connectivity index (χ0) is 15.1. The van der Waals surface area contributed by atoms with Gasteiger partial charge in [0, 0.05) is 18.4 Å². The van der Waals surface area contributed by atoms with Crippen LogP contribution >= 0.6 is 12.4 Å². The Labute approximate surface area is 140 Å². The van der Waals surface area contributed by atoms with E-state index in [1.807, 2.05) is 7.05 Å². The molecule has 0 aromatic heterocycles. The number of halogens is 1. The molecule has 2 N–H and O–H groups in total. The van der Waals surface area contributed by atoms with Gasteiger partial charge in [-0.05, 0) is 45.3 Å². The summed E-state index contributed by atoms with van der Waals surface area (Å²) in [6.07, 6.45) is 6.43. The molecule has 0 saturated heterocycles. The Balaban J connectivity index is 0.00000242. The number of hydrogen-bond acceptors (Lipinski definition) is 2. The molecule has 1 aromatic carbocycles. The van der Waals surface area contributed by atoms with E-state index >= 15 is 0 Å². The molecule has 1 aromatic rings. The highest BCUT2D eigenvalue weighted by atomic mass is 35.5. The molecule has 1 saturated carbocycles. The van der Waals surface area contributed by atoms with E-state index in [4.69, 9.17) is 0 Å². The fourth-order valence-corrected chi connectivity index (χ4v) is 3.38. The third-order valence-electron chi connectivity index (χ3n) is 4.65. The van der Waals surface area contributed by atoms with E-state index in [9.17, 15) is 4.79 Å². The highest BCUT2D eigenvalue weighted by Gasteiger charge is 2.35. The van der Waals surface area contributed by atoms with Crippen LogP contribution in [0.15, 0.2) is 24.3 Å². The highest BCUT2D eigenvalue weighted by molar-refractivity contribution is 5.85. The molecule has 0 unspecified atom stereocenters. The van der Waals surface area contributed by atoms with Crippen LogP contribution in [-0.2, 0) is 10.2 Å². The van der Waals surface area contributed by atoms with Crippen molar-refractivity contribution in [2.24, 2.45) is 0 Å². The van der Waals surface area contributed by atoms with Crippen LogP contribution in [0.1, 0.15) is 49.7 Å². The second kappa shape index (κ2) is 9.16. The molecule has 1 fully saturated rings. The van der Waals surface area contributed by atoms with Gasteiger partial charge in [0.25, 0.3) is 0 Å². The van der Waals surface area contributed by atoms with E-state index < -0.39 is 0 Å². The summed E-state index contributed by atoms with van der Waals surface area (Å²) in [5.41, 5.74) is 2.86. The predicted octanol–water partition coefficient (Wildman–Crippen LogP) is 3.34. The largest absolute Gasteiger partial charge is 0.355 e. The smallest absolute Gasteiger partial charge is 0.220 e. The normalized spacial score (nSPS) is 16.1. The number of amides is 1. The molecule has 0 atom stereocenters. The zero-order valence-corrected chi connectivity index (χ0v) is 14.6. The van der Waals surface area contributed by atoms with Crippen LogP contribution in [0.5, 0.6) is 0 Å². The summed E-state index contributed by atoms with van der Waals surface area (Å²) in [5.74, 6) is 0.184. The van der Waals surface area contributed by atoms with Crippen molar-refractivity contribution >= 4 is 18.3 Å². The van der Waals surface area contributed by atoms with Crippen molar-refractivity contribution < 1.29 is 4.79 Å². The molecule has 0 heterocycles. The van der Waals surface area contributed by atoms with Gasteiger partial charge in [0.05, 0.1) is 0 Å². The average molecular weight is 325 g/mol. The number of aryl methyl sites for hydroxylation is 1. The number of carbonyl (C=O) groups excluding carboxylic acids is 1. The van der Waals surface area contributed by atoms with Gasteiger partial charge in [-0.2, -0.15) is 0 Å². The average Bonchev–Trinajstić information content (AvgIpc) is 2.96. The number of hydrogen-bond donors (Lipinski definition) is 2. The molecule has 4 heteroatoms. The summed E-state index contributed by atoms with van der Waals surface area (Å²) in [7, 11) is 1.92. The van der Waals surface area contributed by atoms with Crippen LogP contribution in [0.25, 0.3) is 0 Å². The lowest BCUT2D eigenvalue weighted by molar-refractivity contribution is -0.121. The Morgan fingerprint density at radius 2 is 2.00 bits per heavy atom. The minimum Gasteiger partial charge on any atom is -0.355 e. The van der Waals surface area contributed by atoms with Crippen molar-refractivity contribution in [1.82, 2.24) is 10.6 Å². The van der Waals surface area contributed by atoms with Crippen LogP contribution in [-0.4, -0.2) is 26.0 Å². The first-order chi connectivity index (χ1) is 10.2. The van der Waals surface area contributed by atoms with Crippen molar-refractivity contribution in [3.8, 4) is 0 Å². The molecule has 2 rings (SSSR count). The Kier molecular flexibility index (Phi) is 7.91. The van der Waals surface area contributed by atoms with Gasteiger partial charge in [-0.1, -0.05) is 42.7 Å². The molecule has 0 aliphatic heterocycles. The summed E-state index contributed by atoms with van der Waals surface area (Å²) in [5, 5.41) is 6.26. The van der Waals surface area contributed by atoms with E-state index in [1.165, 1.54) is 36.8 Å². The Morgan fingerprint density at radius 3 is 2.64 bits per heavy atom. The van der Waals surface area contributed by atoms with E-state index in [2.05, 4.69) is 41.8 Å². The van der Waals surface area contributed by atoms with Gasteiger partial charge in [-0.3, -0.25) is 4.79 Å². The summed E-state index contributed by atoms with van der Waals surface area (Å²) in [6.45, 7) is 3.83. The number of carbonyl (C=O) groups is 1. The predicted molar refractivity (Wildman–Crippen MR) is 94.7 cm³/mol. The third-order valence-corrected chi connectivity index (χ3v) is 4.65. The van der Waals surface area contributed by atoms with E-state index in [1.54, 1.807) is 0 Å². The number of rotatable bonds is 7. The maximum absolute atomic E-state index is 12.0. The van der Waals surface area contributed by atoms with Gasteiger partial charge < -0.3 is 10.6 Å². The van der Waals surface area contributed by atoms with Crippen LogP contribution < -0.4 is 10.6 Å². The lowest BCUT2D eigenvalue weighted by atomic mass is 9.78. The van der Waals surface area contributed by atoms with Gasteiger partial charge in [0.2, 0.25) is 5.91 Å². The van der Waals surface area contributed by atoms with Crippen LogP contribution in [0.2, 0.25) is 0 Å². The Hall–Kier alpha value is -1.06. The topological polar surface area (TPSA) is 41.1 Å². The van der Waals surface area contributed by atoms with Gasteiger partial charge >= 0.3 is 0 Å². The second-order valence-electron chi connectivity index (χ2n) is 6.34. The van der Waals surface area contributed by atoms with E-state index in [0.717, 1.165) is 19.5 Å². The first kappa shape index (κ1) is 19.0. The zero-order valence-electron chi connectivity index (χ0n) is 13.8. The van der Waals surface area contributed by atoms with Gasteiger partial charge in [0.15, 0.2) is 0 Å². The van der Waals surface area contributed by atoms with Crippen LogP contribution in [0, 0.1) is 6.92 Å². The molecular formula is C18H29ClN2O. The highest BCUT2D eigenvalue weighted by Crippen LogP contribution is 2.40. The van der Waals surface area contributed by atoms with Crippen LogP contribution in [0.3, 0.4) is 0 Å². The standard InChI is InChI=1S/C18H28N2O.ClH/c1-15-7-5-8-16(13-15)18(10-3-4-11-18)14-20-17(21)9-6-12-19-2;/h5,7-8,13,19H,3-4,6,9-12,14H2,1-2H3,(H,20,21);1H. The molecule has 0 spiro atoms. The van der Waals surface area contributed by atoms with Crippen molar-refractivity contribution in [2.45, 2.75) is 50.9 Å². The number of nitrogens with one attached hydrogen (secondary N) is 2. The molecule has 0 radical (unpaired) electrons. The first-order valence-electron chi connectivity index (χ1n) is 8.15. The summed E-state index contributed by atoms with van der Waals surface area (Å²) in [4.78, 5) is 12.0. The van der Waals surface area contributed by atoms with Crippen molar-refractivity contribution in [3.63, 3.8) is 0 Å². The molecule has 0 bridgehead atoms. The van der Waals surface area contributed by atoms with Gasteiger partial charge in [0.1, 0.15) is 0 Å². The summed E-state index contributed by atoms with van der Waals surface area (Å²) >= 11 is 0. The Morgan fingerprint density at radius 1 is 1.27 bits per heavy atom. The van der Waals surface area contributed by atoms with Crippen molar-refractivity contribution in [3.05, 3.63) is 35.4 Å². The minimum atomic E-state index is 0. The van der Waals surface area contributed by atoms with Crippen molar-refractivity contribution in [2.75, 3.05) is 20.1 Å². The van der Waals surface area contributed by atoms with Gasteiger partial charge in [-0.15, -0.1) is 12.4 Å². The fraction of sp³-hybridized carbons (Fsp3) is 0.611. The molecule has 22 heavy (non-hydrogen) atoms. The molecular weight excluding hydrogens is 296 g/mol. The van der Waals surface area contributed by atoms with E-state index in [0.29, 0.717) is 6.42 Å². The maximum atomic E-state index is 12.0. The first-order valence-corrected chi connectivity index (χ1v) is 8.15. The van der Waals surface area contributed by atoms with E-state index in [-0.39, 0.29) is 23.7 Å².